The Morgan fingerprint density at radius 3 is 2.71 bits per heavy atom. The first-order valence-corrected chi connectivity index (χ1v) is 8.95. The third kappa shape index (κ3) is 3.01. The van der Waals surface area contributed by atoms with Crippen LogP contribution in [0.4, 0.5) is 10.8 Å². The van der Waals surface area contributed by atoms with E-state index in [1.807, 2.05) is 4.90 Å². The van der Waals surface area contributed by atoms with Crippen LogP contribution in [0.5, 0.6) is 0 Å². The van der Waals surface area contributed by atoms with Gasteiger partial charge in [-0.3, -0.25) is 0 Å². The van der Waals surface area contributed by atoms with Crippen LogP contribution in [0.2, 0.25) is 0 Å². The van der Waals surface area contributed by atoms with Gasteiger partial charge in [0, 0.05) is 34.3 Å². The Labute approximate surface area is 129 Å². The summed E-state index contributed by atoms with van der Waals surface area (Å²) >= 11 is 1.13. The molecular weight excluding hydrogens is 312 g/mol. The van der Waals surface area contributed by atoms with Crippen molar-refractivity contribution in [3.8, 4) is 0 Å². The number of anilines is 2. The van der Waals surface area contributed by atoms with E-state index < -0.39 is 10.0 Å². The fourth-order valence-electron chi connectivity index (χ4n) is 2.44. The number of aromatic nitrogens is 1. The average molecular weight is 334 g/mol. The normalized spacial score (nSPS) is 23.8. The van der Waals surface area contributed by atoms with Crippen molar-refractivity contribution >= 4 is 32.4 Å². The summed E-state index contributed by atoms with van der Waals surface area (Å²) in [7, 11) is 1.06. The summed E-state index contributed by atoms with van der Waals surface area (Å²) in [4.78, 5) is 2.13. The van der Waals surface area contributed by atoms with Gasteiger partial charge >= 0.3 is 0 Å². The molecule has 0 radical (unpaired) electrons. The summed E-state index contributed by atoms with van der Waals surface area (Å²) in [5.41, 5.74) is 5.80. The molecule has 1 fully saturated rings. The highest BCUT2D eigenvalue weighted by atomic mass is 32.2. The predicted molar refractivity (Wildman–Crippen MR) is 84.2 cm³/mol. The summed E-state index contributed by atoms with van der Waals surface area (Å²) < 4.78 is 35.6. The van der Waals surface area contributed by atoms with Crippen LogP contribution in [-0.4, -0.2) is 57.5 Å². The van der Waals surface area contributed by atoms with Crippen LogP contribution in [0.25, 0.3) is 0 Å². The molecule has 1 aromatic heterocycles. The minimum Gasteiger partial charge on any atom is -0.382 e. The fraction of sp³-hybridized carbons (Fsp3) is 0.750. The molecular formula is C12H22N4O3S2. The van der Waals surface area contributed by atoms with Gasteiger partial charge in [0.1, 0.15) is 5.00 Å². The highest BCUT2D eigenvalue weighted by molar-refractivity contribution is 7.89. The van der Waals surface area contributed by atoms with Crippen LogP contribution in [-0.2, 0) is 14.8 Å². The molecule has 1 aliphatic heterocycles. The lowest BCUT2D eigenvalue weighted by atomic mass is 9.96. The van der Waals surface area contributed by atoms with E-state index in [-0.39, 0.29) is 16.8 Å². The van der Waals surface area contributed by atoms with Gasteiger partial charge < -0.3 is 15.4 Å². The summed E-state index contributed by atoms with van der Waals surface area (Å²) in [6.07, 6.45) is 1.02. The first kappa shape index (κ1) is 16.5. The molecule has 2 N–H and O–H groups in total. The zero-order chi connectivity index (χ0) is 15.8. The second-order valence-corrected chi connectivity index (χ2v) is 8.32. The average Bonchev–Trinajstić information content (AvgIpc) is 2.81. The maximum absolute atomic E-state index is 12.4. The monoisotopic (exact) mass is 334 g/mol. The number of sulfonamides is 1. The van der Waals surface area contributed by atoms with Crippen LogP contribution in [0, 0.1) is 5.92 Å². The van der Waals surface area contributed by atoms with E-state index in [1.165, 1.54) is 14.1 Å². The van der Waals surface area contributed by atoms with E-state index in [0.717, 1.165) is 28.8 Å². The quantitative estimate of drug-likeness (QED) is 0.877. The summed E-state index contributed by atoms with van der Waals surface area (Å²) in [5, 5.41) is 0.607. The molecule has 1 saturated heterocycles. The van der Waals surface area contributed by atoms with Gasteiger partial charge in [0.25, 0.3) is 0 Å². The molecule has 2 unspecified atom stereocenters. The van der Waals surface area contributed by atoms with E-state index in [1.54, 1.807) is 7.11 Å². The highest BCUT2D eigenvalue weighted by Gasteiger charge is 2.34. The van der Waals surface area contributed by atoms with Crippen molar-refractivity contribution in [3.05, 3.63) is 0 Å². The van der Waals surface area contributed by atoms with Gasteiger partial charge in [-0.2, -0.15) is 4.37 Å². The second-order valence-electron chi connectivity index (χ2n) is 5.48. The van der Waals surface area contributed by atoms with Crippen LogP contribution in [0.3, 0.4) is 0 Å². The number of piperidine rings is 1. The molecule has 2 atom stereocenters. The van der Waals surface area contributed by atoms with Crippen molar-refractivity contribution in [1.82, 2.24) is 8.68 Å². The molecule has 0 aromatic carbocycles. The Morgan fingerprint density at radius 1 is 1.48 bits per heavy atom. The van der Waals surface area contributed by atoms with Gasteiger partial charge in [0.2, 0.25) is 10.0 Å². The molecule has 7 nitrogen and oxygen atoms in total. The molecule has 21 heavy (non-hydrogen) atoms. The zero-order valence-electron chi connectivity index (χ0n) is 12.7. The number of nitrogens with two attached hydrogens (primary N) is 1. The second kappa shape index (κ2) is 6.07. The van der Waals surface area contributed by atoms with Crippen molar-refractivity contribution in [2.45, 2.75) is 24.3 Å². The lowest BCUT2D eigenvalue weighted by Crippen LogP contribution is -2.44. The number of nitrogen functional groups attached to an aromatic ring is 1. The van der Waals surface area contributed by atoms with Crippen molar-refractivity contribution < 1.29 is 13.2 Å². The molecule has 0 spiro atoms. The van der Waals surface area contributed by atoms with Gasteiger partial charge in [-0.25, -0.2) is 12.7 Å². The van der Waals surface area contributed by atoms with E-state index in [0.29, 0.717) is 17.5 Å². The molecule has 0 bridgehead atoms. The maximum Gasteiger partial charge on any atom is 0.249 e. The molecule has 1 aliphatic rings. The number of rotatable bonds is 4. The Morgan fingerprint density at radius 2 is 2.14 bits per heavy atom. The van der Waals surface area contributed by atoms with E-state index in [9.17, 15) is 8.42 Å². The zero-order valence-corrected chi connectivity index (χ0v) is 14.4. The van der Waals surface area contributed by atoms with E-state index in [4.69, 9.17) is 10.5 Å². The van der Waals surface area contributed by atoms with Gasteiger partial charge in [0.15, 0.2) is 10.7 Å². The number of methoxy groups -OCH3 is 1. The van der Waals surface area contributed by atoms with Crippen LogP contribution < -0.4 is 10.6 Å². The Kier molecular flexibility index (Phi) is 4.76. The highest BCUT2D eigenvalue weighted by Crippen LogP contribution is 2.38. The predicted octanol–water partition coefficient (Wildman–Crippen LogP) is 0.837. The maximum atomic E-state index is 12.4. The van der Waals surface area contributed by atoms with Gasteiger partial charge in [-0.05, 0) is 23.9 Å². The Bertz CT molecular complexity index is 600. The summed E-state index contributed by atoms with van der Waals surface area (Å²) in [5.74, 6) is 0.515. The van der Waals surface area contributed by atoms with E-state index in [2.05, 4.69) is 11.3 Å². The number of hydrogen-bond donors (Lipinski definition) is 1. The van der Waals surface area contributed by atoms with Crippen LogP contribution in [0.1, 0.15) is 13.3 Å². The van der Waals surface area contributed by atoms with Crippen LogP contribution in [0.15, 0.2) is 4.90 Å². The molecule has 0 saturated carbocycles. The standard InChI is InChI=1S/C12H22N4O3S2/c1-8-5-6-16(7-9(8)19-4)12-10(11(13)14-20-12)21(17,18)15(2)3/h8-9H,5-7H2,1-4H3,(H2,13,14). The molecule has 0 aliphatic carbocycles. The number of hydrogen-bond acceptors (Lipinski definition) is 7. The van der Waals surface area contributed by atoms with Crippen molar-refractivity contribution in [2.24, 2.45) is 5.92 Å². The summed E-state index contributed by atoms with van der Waals surface area (Å²) in [6.45, 7) is 3.57. The minimum absolute atomic E-state index is 0.0660. The number of nitrogens with zero attached hydrogens (tertiary/aromatic N) is 3. The van der Waals surface area contributed by atoms with Gasteiger partial charge in [-0.1, -0.05) is 6.92 Å². The SMILES string of the molecule is COC1CN(c2snc(N)c2S(=O)(=O)N(C)C)CCC1C. The fourth-order valence-corrected chi connectivity index (χ4v) is 4.69. The van der Waals surface area contributed by atoms with Gasteiger partial charge in [0.05, 0.1) is 6.10 Å². The van der Waals surface area contributed by atoms with Crippen molar-refractivity contribution in [2.75, 3.05) is 44.9 Å². The molecule has 9 heteroatoms. The first-order valence-electron chi connectivity index (χ1n) is 6.74. The smallest absolute Gasteiger partial charge is 0.249 e. The van der Waals surface area contributed by atoms with Gasteiger partial charge in [-0.15, -0.1) is 0 Å². The third-order valence-corrected chi connectivity index (χ3v) is 6.81. The lowest BCUT2D eigenvalue weighted by Gasteiger charge is -2.37. The largest absolute Gasteiger partial charge is 0.382 e. The third-order valence-electron chi connectivity index (χ3n) is 3.88. The summed E-state index contributed by atoms with van der Waals surface area (Å²) in [6, 6.07) is 0. The minimum atomic E-state index is -3.61. The Balaban J connectivity index is 2.38. The number of ether oxygens (including phenoxy) is 1. The Hall–Kier alpha value is -0.900. The molecule has 2 rings (SSSR count). The molecule has 2 heterocycles. The molecule has 1 aromatic rings. The molecule has 0 amide bonds. The molecule has 120 valence electrons. The first-order chi connectivity index (χ1) is 9.78. The lowest BCUT2D eigenvalue weighted by molar-refractivity contribution is 0.0499. The van der Waals surface area contributed by atoms with Crippen molar-refractivity contribution in [1.29, 1.82) is 0 Å². The van der Waals surface area contributed by atoms with Crippen LogP contribution >= 0.6 is 11.5 Å². The van der Waals surface area contributed by atoms with E-state index >= 15 is 0 Å². The van der Waals surface area contributed by atoms with Crippen molar-refractivity contribution in [3.63, 3.8) is 0 Å². The topological polar surface area (TPSA) is 88.8 Å².